The van der Waals surface area contributed by atoms with E-state index in [9.17, 15) is 0 Å². The van der Waals surface area contributed by atoms with E-state index in [1.165, 1.54) is 37.1 Å². The molecule has 0 aliphatic heterocycles. The molecule has 3 heteroatoms. The number of aromatic nitrogens is 2. The zero-order chi connectivity index (χ0) is 13.1. The number of hydrogen-bond acceptors (Lipinski definition) is 2. The second-order valence-electron chi connectivity index (χ2n) is 5.79. The van der Waals surface area contributed by atoms with E-state index in [0.717, 1.165) is 18.9 Å². The zero-order valence-corrected chi connectivity index (χ0v) is 12.0. The van der Waals surface area contributed by atoms with E-state index in [4.69, 9.17) is 5.73 Å². The van der Waals surface area contributed by atoms with Gasteiger partial charge in [0.2, 0.25) is 0 Å². The van der Waals surface area contributed by atoms with Crippen LogP contribution in [0.4, 0.5) is 0 Å². The van der Waals surface area contributed by atoms with Gasteiger partial charge in [0, 0.05) is 12.6 Å². The van der Waals surface area contributed by atoms with Crippen LogP contribution in [0.2, 0.25) is 0 Å². The van der Waals surface area contributed by atoms with E-state index in [-0.39, 0.29) is 6.04 Å². The molecule has 0 bridgehead atoms. The van der Waals surface area contributed by atoms with Crippen LogP contribution in [0.5, 0.6) is 0 Å². The van der Waals surface area contributed by atoms with Crippen LogP contribution in [0.25, 0.3) is 0 Å². The van der Waals surface area contributed by atoms with E-state index < -0.39 is 0 Å². The minimum absolute atomic E-state index is 0.167. The van der Waals surface area contributed by atoms with Crippen LogP contribution in [0, 0.1) is 11.8 Å². The standard InChI is InChI=1S/C15H27N3/c1-4-13-10-14(18(5-2)17-13)15(16)12-8-6-7-11(3)9-12/h10-12,15H,4-9,16H2,1-3H3. The number of nitrogens with zero attached hydrogens (tertiary/aromatic N) is 2. The van der Waals surface area contributed by atoms with Gasteiger partial charge in [0.15, 0.2) is 0 Å². The van der Waals surface area contributed by atoms with Gasteiger partial charge in [0.25, 0.3) is 0 Å². The van der Waals surface area contributed by atoms with Crippen LogP contribution >= 0.6 is 0 Å². The van der Waals surface area contributed by atoms with Gasteiger partial charge in [-0.25, -0.2) is 0 Å². The lowest BCUT2D eigenvalue weighted by Crippen LogP contribution is -2.28. The van der Waals surface area contributed by atoms with Gasteiger partial charge in [-0.05, 0) is 44.1 Å². The van der Waals surface area contributed by atoms with Crippen molar-refractivity contribution >= 4 is 0 Å². The second kappa shape index (κ2) is 5.87. The van der Waals surface area contributed by atoms with Crippen molar-refractivity contribution in [3.05, 3.63) is 17.5 Å². The molecule has 3 nitrogen and oxygen atoms in total. The summed E-state index contributed by atoms with van der Waals surface area (Å²) in [4.78, 5) is 0. The molecule has 1 saturated carbocycles. The molecular weight excluding hydrogens is 222 g/mol. The summed E-state index contributed by atoms with van der Waals surface area (Å²) < 4.78 is 2.10. The third kappa shape index (κ3) is 2.77. The molecule has 1 fully saturated rings. The highest BCUT2D eigenvalue weighted by atomic mass is 15.3. The molecule has 0 spiro atoms. The molecule has 1 aliphatic carbocycles. The molecule has 1 heterocycles. The quantitative estimate of drug-likeness (QED) is 0.890. The van der Waals surface area contributed by atoms with Gasteiger partial charge in [-0.3, -0.25) is 4.68 Å². The van der Waals surface area contributed by atoms with Crippen molar-refractivity contribution in [2.45, 2.75) is 65.5 Å². The molecule has 18 heavy (non-hydrogen) atoms. The molecule has 0 aromatic carbocycles. The first-order chi connectivity index (χ1) is 8.65. The maximum Gasteiger partial charge on any atom is 0.0625 e. The summed E-state index contributed by atoms with van der Waals surface area (Å²) in [6.07, 6.45) is 6.25. The van der Waals surface area contributed by atoms with E-state index >= 15 is 0 Å². The van der Waals surface area contributed by atoms with Gasteiger partial charge in [-0.1, -0.05) is 26.7 Å². The van der Waals surface area contributed by atoms with Crippen molar-refractivity contribution in [3.8, 4) is 0 Å². The fraction of sp³-hybridized carbons (Fsp3) is 0.800. The van der Waals surface area contributed by atoms with Gasteiger partial charge < -0.3 is 5.73 Å². The second-order valence-corrected chi connectivity index (χ2v) is 5.79. The fourth-order valence-corrected chi connectivity index (χ4v) is 3.23. The largest absolute Gasteiger partial charge is 0.322 e. The summed E-state index contributed by atoms with van der Waals surface area (Å²) >= 11 is 0. The molecule has 1 aliphatic rings. The molecular formula is C15H27N3. The molecule has 2 N–H and O–H groups in total. The molecule has 0 saturated heterocycles. The lowest BCUT2D eigenvalue weighted by atomic mass is 9.78. The van der Waals surface area contributed by atoms with E-state index in [0.29, 0.717) is 5.92 Å². The Labute approximate surface area is 111 Å². The lowest BCUT2D eigenvalue weighted by molar-refractivity contribution is 0.242. The summed E-state index contributed by atoms with van der Waals surface area (Å²) in [7, 11) is 0. The maximum atomic E-state index is 6.52. The SMILES string of the molecule is CCc1cc(C(N)C2CCCC(C)C2)n(CC)n1. The summed E-state index contributed by atoms with van der Waals surface area (Å²) in [5.74, 6) is 1.47. The van der Waals surface area contributed by atoms with Crippen LogP contribution < -0.4 is 5.73 Å². The molecule has 0 amide bonds. The van der Waals surface area contributed by atoms with Crippen molar-refractivity contribution in [2.75, 3.05) is 0 Å². The van der Waals surface area contributed by atoms with Crippen molar-refractivity contribution in [1.29, 1.82) is 0 Å². The normalized spacial score (nSPS) is 26.2. The number of aryl methyl sites for hydroxylation is 2. The average Bonchev–Trinajstić information content (AvgIpc) is 2.81. The molecule has 3 atom stereocenters. The monoisotopic (exact) mass is 249 g/mol. The maximum absolute atomic E-state index is 6.52. The fourth-order valence-electron chi connectivity index (χ4n) is 3.23. The third-order valence-electron chi connectivity index (χ3n) is 4.35. The number of nitrogens with two attached hydrogens (primary N) is 1. The molecule has 102 valence electrons. The smallest absolute Gasteiger partial charge is 0.0625 e. The van der Waals surface area contributed by atoms with Crippen molar-refractivity contribution < 1.29 is 0 Å². The first-order valence-corrected chi connectivity index (χ1v) is 7.47. The Kier molecular flexibility index (Phi) is 4.44. The Morgan fingerprint density at radius 3 is 2.83 bits per heavy atom. The van der Waals surface area contributed by atoms with Gasteiger partial charge in [-0.15, -0.1) is 0 Å². The van der Waals surface area contributed by atoms with Crippen LogP contribution in [-0.4, -0.2) is 9.78 Å². The summed E-state index contributed by atoms with van der Waals surface area (Å²) in [5.41, 5.74) is 8.93. The van der Waals surface area contributed by atoms with Gasteiger partial charge in [0.05, 0.1) is 11.4 Å². The minimum Gasteiger partial charge on any atom is -0.322 e. The highest BCUT2D eigenvalue weighted by Crippen LogP contribution is 2.36. The van der Waals surface area contributed by atoms with Crippen molar-refractivity contribution in [2.24, 2.45) is 17.6 Å². The van der Waals surface area contributed by atoms with Gasteiger partial charge in [0.1, 0.15) is 0 Å². The Morgan fingerprint density at radius 1 is 1.44 bits per heavy atom. The van der Waals surface area contributed by atoms with Gasteiger partial charge >= 0.3 is 0 Å². The Hall–Kier alpha value is -0.830. The topological polar surface area (TPSA) is 43.8 Å². The zero-order valence-electron chi connectivity index (χ0n) is 12.0. The van der Waals surface area contributed by atoms with Crippen LogP contribution in [-0.2, 0) is 13.0 Å². The van der Waals surface area contributed by atoms with E-state index in [1.54, 1.807) is 0 Å². The van der Waals surface area contributed by atoms with Crippen molar-refractivity contribution in [3.63, 3.8) is 0 Å². The highest BCUT2D eigenvalue weighted by Gasteiger charge is 2.27. The summed E-state index contributed by atoms with van der Waals surface area (Å²) in [6.45, 7) is 7.57. The minimum atomic E-state index is 0.167. The Bertz CT molecular complexity index is 383. The first kappa shape index (κ1) is 13.6. The van der Waals surface area contributed by atoms with Crippen LogP contribution in [0.1, 0.15) is 63.9 Å². The highest BCUT2D eigenvalue weighted by molar-refractivity contribution is 5.15. The number of hydrogen-bond donors (Lipinski definition) is 1. The Balaban J connectivity index is 2.16. The van der Waals surface area contributed by atoms with E-state index in [2.05, 4.69) is 36.6 Å². The molecule has 0 radical (unpaired) electrons. The first-order valence-electron chi connectivity index (χ1n) is 7.47. The van der Waals surface area contributed by atoms with E-state index in [1.807, 2.05) is 0 Å². The van der Waals surface area contributed by atoms with Crippen LogP contribution in [0.3, 0.4) is 0 Å². The van der Waals surface area contributed by atoms with Gasteiger partial charge in [-0.2, -0.15) is 5.10 Å². The molecule has 1 aromatic heterocycles. The van der Waals surface area contributed by atoms with Crippen molar-refractivity contribution in [1.82, 2.24) is 9.78 Å². The molecule has 1 aromatic rings. The lowest BCUT2D eigenvalue weighted by Gasteiger charge is -2.31. The Morgan fingerprint density at radius 2 is 2.22 bits per heavy atom. The summed E-state index contributed by atoms with van der Waals surface area (Å²) in [5, 5.41) is 4.62. The predicted octanol–water partition coefficient (Wildman–Crippen LogP) is 3.29. The average molecular weight is 249 g/mol. The molecule has 3 unspecified atom stereocenters. The predicted molar refractivity (Wildman–Crippen MR) is 75.3 cm³/mol. The summed E-state index contributed by atoms with van der Waals surface area (Å²) in [6, 6.07) is 2.38. The third-order valence-corrected chi connectivity index (χ3v) is 4.35. The molecule has 2 rings (SSSR count). The number of rotatable bonds is 4. The van der Waals surface area contributed by atoms with Crippen LogP contribution in [0.15, 0.2) is 6.07 Å².